The van der Waals surface area contributed by atoms with Crippen molar-refractivity contribution in [2.45, 2.75) is 25.3 Å². The Morgan fingerprint density at radius 2 is 1.97 bits per heavy atom. The average molecular weight is 388 g/mol. The highest BCUT2D eigenvalue weighted by Crippen LogP contribution is 2.25. The van der Waals surface area contributed by atoms with E-state index in [2.05, 4.69) is 26.7 Å². The summed E-state index contributed by atoms with van der Waals surface area (Å²) < 4.78 is 5.80. The summed E-state index contributed by atoms with van der Waals surface area (Å²) in [6.07, 6.45) is 5.96. The standard InChI is InChI=1S/C23H24N4O2/c28-23(25-13-5-8-19-7-3-4-12-24-19)18-10-11-22(26-15-18)27-20-14-17-6-1-2-9-21(17)29-16-20/h1-4,6-7,9-12,15,20H,5,8,13-14,16H2,(H,25,28)(H,26,27)/t20-/m0/s1. The summed E-state index contributed by atoms with van der Waals surface area (Å²) in [6.45, 7) is 1.20. The highest BCUT2D eigenvalue weighted by molar-refractivity contribution is 5.94. The van der Waals surface area contributed by atoms with Gasteiger partial charge in [0.15, 0.2) is 0 Å². The maximum atomic E-state index is 12.3. The van der Waals surface area contributed by atoms with Crippen molar-refractivity contribution >= 4 is 11.7 Å². The molecule has 1 aromatic carbocycles. The summed E-state index contributed by atoms with van der Waals surface area (Å²) in [5.74, 6) is 1.58. The summed E-state index contributed by atoms with van der Waals surface area (Å²) in [5, 5.41) is 6.32. The molecular formula is C23H24N4O2. The largest absolute Gasteiger partial charge is 0.491 e. The van der Waals surface area contributed by atoms with Crippen molar-refractivity contribution in [3.8, 4) is 5.75 Å². The first kappa shape index (κ1) is 18.9. The number of amides is 1. The molecule has 6 nitrogen and oxygen atoms in total. The van der Waals surface area contributed by atoms with E-state index in [0.29, 0.717) is 18.7 Å². The summed E-state index contributed by atoms with van der Waals surface area (Å²) in [4.78, 5) is 21.0. The van der Waals surface area contributed by atoms with Crippen LogP contribution in [0.25, 0.3) is 0 Å². The van der Waals surface area contributed by atoms with Gasteiger partial charge in [-0.25, -0.2) is 4.98 Å². The minimum Gasteiger partial charge on any atom is -0.491 e. The van der Waals surface area contributed by atoms with Crippen molar-refractivity contribution < 1.29 is 9.53 Å². The van der Waals surface area contributed by atoms with Crippen molar-refractivity contribution in [3.63, 3.8) is 0 Å². The molecule has 0 spiro atoms. The Morgan fingerprint density at radius 1 is 1.07 bits per heavy atom. The average Bonchev–Trinajstić information content (AvgIpc) is 2.78. The fourth-order valence-electron chi connectivity index (χ4n) is 3.36. The molecule has 29 heavy (non-hydrogen) atoms. The van der Waals surface area contributed by atoms with E-state index in [1.54, 1.807) is 18.5 Å². The lowest BCUT2D eigenvalue weighted by Gasteiger charge is -2.26. The van der Waals surface area contributed by atoms with Crippen LogP contribution in [0.2, 0.25) is 0 Å². The number of para-hydroxylation sites is 1. The molecule has 6 heteroatoms. The number of nitrogens with one attached hydrogen (secondary N) is 2. The Labute approximate surface area is 170 Å². The van der Waals surface area contributed by atoms with Crippen LogP contribution in [-0.4, -0.2) is 35.1 Å². The topological polar surface area (TPSA) is 76.1 Å². The molecule has 0 saturated heterocycles. The normalized spacial score (nSPS) is 15.1. The zero-order valence-corrected chi connectivity index (χ0v) is 16.2. The highest BCUT2D eigenvalue weighted by Gasteiger charge is 2.19. The summed E-state index contributed by atoms with van der Waals surface area (Å²) >= 11 is 0. The SMILES string of the molecule is O=C(NCCCc1ccccn1)c1ccc(N[C@@H]2COc3ccccc3C2)nc1. The second-order valence-corrected chi connectivity index (χ2v) is 7.08. The van der Waals surface area contributed by atoms with E-state index in [-0.39, 0.29) is 11.9 Å². The molecule has 148 valence electrons. The van der Waals surface area contributed by atoms with Crippen LogP contribution in [-0.2, 0) is 12.8 Å². The number of hydrogen-bond acceptors (Lipinski definition) is 5. The fraction of sp³-hybridized carbons (Fsp3) is 0.261. The molecule has 4 rings (SSSR count). The zero-order chi connectivity index (χ0) is 19.9. The first-order valence-corrected chi connectivity index (χ1v) is 9.89. The molecule has 0 radical (unpaired) electrons. The molecule has 1 amide bonds. The third kappa shape index (κ3) is 5.10. The van der Waals surface area contributed by atoms with Crippen LogP contribution < -0.4 is 15.4 Å². The van der Waals surface area contributed by atoms with Crippen molar-refractivity contribution in [1.29, 1.82) is 0 Å². The van der Waals surface area contributed by atoms with Gasteiger partial charge in [-0.15, -0.1) is 0 Å². The number of fused-ring (bicyclic) bond motifs is 1. The Kier molecular flexibility index (Phi) is 6.00. The van der Waals surface area contributed by atoms with Crippen LogP contribution in [0.3, 0.4) is 0 Å². The maximum absolute atomic E-state index is 12.3. The van der Waals surface area contributed by atoms with Crippen LogP contribution in [0.4, 0.5) is 5.82 Å². The number of aromatic nitrogens is 2. The van der Waals surface area contributed by atoms with E-state index < -0.39 is 0 Å². The van der Waals surface area contributed by atoms with Gasteiger partial charge in [0.1, 0.15) is 18.2 Å². The van der Waals surface area contributed by atoms with Gasteiger partial charge in [-0.3, -0.25) is 9.78 Å². The lowest BCUT2D eigenvalue weighted by atomic mass is 10.0. The number of benzene rings is 1. The first-order valence-electron chi connectivity index (χ1n) is 9.89. The number of carbonyl (C=O) groups is 1. The quantitative estimate of drug-likeness (QED) is 0.608. The lowest BCUT2D eigenvalue weighted by Crippen LogP contribution is -2.33. The third-order valence-electron chi connectivity index (χ3n) is 4.88. The number of aryl methyl sites for hydroxylation is 1. The van der Waals surface area contributed by atoms with Crippen molar-refractivity contribution in [3.05, 3.63) is 83.8 Å². The van der Waals surface area contributed by atoms with Crippen LogP contribution in [0.15, 0.2) is 67.0 Å². The van der Waals surface area contributed by atoms with E-state index >= 15 is 0 Å². The molecule has 1 aliphatic rings. The van der Waals surface area contributed by atoms with Crippen LogP contribution in [0.5, 0.6) is 5.75 Å². The molecule has 0 fully saturated rings. The van der Waals surface area contributed by atoms with Gasteiger partial charge in [0.2, 0.25) is 0 Å². The monoisotopic (exact) mass is 388 g/mol. The summed E-state index contributed by atoms with van der Waals surface area (Å²) in [7, 11) is 0. The van der Waals surface area contributed by atoms with Gasteiger partial charge in [0, 0.05) is 24.6 Å². The van der Waals surface area contributed by atoms with Crippen molar-refractivity contribution in [2.75, 3.05) is 18.5 Å². The van der Waals surface area contributed by atoms with Gasteiger partial charge < -0.3 is 15.4 Å². The molecule has 0 unspecified atom stereocenters. The van der Waals surface area contributed by atoms with E-state index in [1.807, 2.05) is 42.5 Å². The highest BCUT2D eigenvalue weighted by atomic mass is 16.5. The third-order valence-corrected chi connectivity index (χ3v) is 4.88. The molecule has 3 aromatic rings. The minimum absolute atomic E-state index is 0.111. The predicted molar refractivity (Wildman–Crippen MR) is 112 cm³/mol. The number of pyridine rings is 2. The second kappa shape index (κ2) is 9.19. The van der Waals surface area contributed by atoms with Crippen molar-refractivity contribution in [1.82, 2.24) is 15.3 Å². The molecule has 0 aliphatic carbocycles. The molecule has 3 heterocycles. The van der Waals surface area contributed by atoms with Gasteiger partial charge in [0.05, 0.1) is 11.6 Å². The fourth-order valence-corrected chi connectivity index (χ4v) is 3.36. The second-order valence-electron chi connectivity index (χ2n) is 7.08. The van der Waals surface area contributed by atoms with Gasteiger partial charge in [0.25, 0.3) is 5.91 Å². The number of nitrogens with zero attached hydrogens (tertiary/aromatic N) is 2. The summed E-state index contributed by atoms with van der Waals surface area (Å²) in [5.41, 5.74) is 2.78. The molecule has 0 bridgehead atoms. The maximum Gasteiger partial charge on any atom is 0.252 e. The smallest absolute Gasteiger partial charge is 0.252 e. The molecule has 1 atom stereocenters. The van der Waals surface area contributed by atoms with Crippen LogP contribution >= 0.6 is 0 Å². The Hall–Kier alpha value is -3.41. The molecular weight excluding hydrogens is 364 g/mol. The first-order chi connectivity index (χ1) is 14.3. The Bertz CT molecular complexity index is 945. The van der Waals surface area contributed by atoms with E-state index in [0.717, 1.165) is 36.5 Å². The molecule has 2 N–H and O–H groups in total. The summed E-state index contributed by atoms with van der Waals surface area (Å²) in [6, 6.07) is 17.7. The van der Waals surface area contributed by atoms with Gasteiger partial charge >= 0.3 is 0 Å². The molecule has 0 saturated carbocycles. The predicted octanol–water partition coefficient (Wildman–Crippen LogP) is 3.25. The Morgan fingerprint density at radius 3 is 2.79 bits per heavy atom. The lowest BCUT2D eigenvalue weighted by molar-refractivity contribution is 0.0953. The van der Waals surface area contributed by atoms with E-state index in [9.17, 15) is 4.79 Å². The number of anilines is 1. The molecule has 1 aliphatic heterocycles. The van der Waals surface area contributed by atoms with Gasteiger partial charge in [-0.05, 0) is 55.2 Å². The molecule has 2 aromatic heterocycles. The zero-order valence-electron chi connectivity index (χ0n) is 16.2. The van der Waals surface area contributed by atoms with E-state index in [1.165, 1.54) is 5.56 Å². The van der Waals surface area contributed by atoms with Crippen molar-refractivity contribution in [2.24, 2.45) is 0 Å². The Balaban J connectivity index is 1.24. The number of ether oxygens (including phenoxy) is 1. The minimum atomic E-state index is -0.111. The van der Waals surface area contributed by atoms with E-state index in [4.69, 9.17) is 4.74 Å². The number of carbonyl (C=O) groups excluding carboxylic acids is 1. The number of hydrogen-bond donors (Lipinski definition) is 2. The van der Waals surface area contributed by atoms with Gasteiger partial charge in [-0.1, -0.05) is 24.3 Å². The van der Waals surface area contributed by atoms with Gasteiger partial charge in [-0.2, -0.15) is 0 Å². The van der Waals surface area contributed by atoms with Crippen LogP contribution in [0.1, 0.15) is 28.0 Å². The number of rotatable bonds is 7. The van der Waals surface area contributed by atoms with Crippen LogP contribution in [0, 0.1) is 0 Å².